The molecule has 0 saturated carbocycles. The Hall–Kier alpha value is -2.57. The number of amides is 2. The molecule has 0 aromatic heterocycles. The van der Waals surface area contributed by atoms with Gasteiger partial charge in [-0.15, -0.1) is 0 Å². The van der Waals surface area contributed by atoms with Crippen molar-refractivity contribution in [2.75, 3.05) is 20.2 Å². The summed E-state index contributed by atoms with van der Waals surface area (Å²) in [4.78, 5) is 35.9. The molecule has 0 spiro atoms. The largest absolute Gasteiger partial charge is 0.496 e. The molecule has 7 nitrogen and oxygen atoms in total. The van der Waals surface area contributed by atoms with Crippen molar-refractivity contribution in [2.24, 2.45) is 0 Å². The number of ether oxygens (including phenoxy) is 1. The SMILES string of the molecule is COc1ccccc1CC(=O)N(CCNC(C)=O)C(C)C(=O)O. The molecule has 23 heavy (non-hydrogen) atoms. The van der Waals surface area contributed by atoms with Crippen LogP contribution in [0.2, 0.25) is 0 Å². The van der Waals surface area contributed by atoms with Gasteiger partial charge in [0.25, 0.3) is 0 Å². The predicted molar refractivity (Wildman–Crippen MR) is 84.2 cm³/mol. The first-order valence-electron chi connectivity index (χ1n) is 7.25. The van der Waals surface area contributed by atoms with Gasteiger partial charge in [0.15, 0.2) is 0 Å². The summed E-state index contributed by atoms with van der Waals surface area (Å²) >= 11 is 0. The van der Waals surface area contributed by atoms with Crippen molar-refractivity contribution in [1.29, 1.82) is 0 Å². The molecular weight excluding hydrogens is 300 g/mol. The van der Waals surface area contributed by atoms with Crippen LogP contribution >= 0.6 is 0 Å². The van der Waals surface area contributed by atoms with Gasteiger partial charge in [-0.25, -0.2) is 4.79 Å². The lowest BCUT2D eigenvalue weighted by molar-refractivity contribution is -0.149. The molecule has 0 saturated heterocycles. The molecule has 0 fully saturated rings. The van der Waals surface area contributed by atoms with E-state index >= 15 is 0 Å². The molecule has 0 aliphatic heterocycles. The number of para-hydroxylation sites is 1. The van der Waals surface area contributed by atoms with Crippen LogP contribution in [-0.2, 0) is 20.8 Å². The van der Waals surface area contributed by atoms with Crippen molar-refractivity contribution in [2.45, 2.75) is 26.3 Å². The molecule has 7 heteroatoms. The quantitative estimate of drug-likeness (QED) is 0.733. The number of methoxy groups -OCH3 is 1. The van der Waals surface area contributed by atoms with Crippen molar-refractivity contribution in [3.8, 4) is 5.75 Å². The maximum Gasteiger partial charge on any atom is 0.326 e. The standard InChI is InChI=1S/C16H22N2O5/c1-11(16(21)22)18(9-8-17-12(2)19)15(20)10-13-6-4-5-7-14(13)23-3/h4-7,11H,8-10H2,1-3H3,(H,17,19)(H,21,22). The summed E-state index contributed by atoms with van der Waals surface area (Å²) in [7, 11) is 1.51. The highest BCUT2D eigenvalue weighted by atomic mass is 16.5. The van der Waals surface area contributed by atoms with Crippen LogP contribution in [-0.4, -0.2) is 54.0 Å². The van der Waals surface area contributed by atoms with E-state index in [1.807, 2.05) is 0 Å². The second-order valence-corrected chi connectivity index (χ2v) is 5.07. The van der Waals surface area contributed by atoms with Crippen molar-refractivity contribution in [3.05, 3.63) is 29.8 Å². The third-order valence-corrected chi connectivity index (χ3v) is 3.41. The minimum atomic E-state index is -1.10. The van der Waals surface area contributed by atoms with E-state index in [1.54, 1.807) is 24.3 Å². The number of hydrogen-bond acceptors (Lipinski definition) is 4. The van der Waals surface area contributed by atoms with E-state index < -0.39 is 12.0 Å². The van der Waals surface area contributed by atoms with Crippen molar-refractivity contribution in [1.82, 2.24) is 10.2 Å². The van der Waals surface area contributed by atoms with E-state index in [0.717, 1.165) is 0 Å². The molecule has 0 heterocycles. The minimum absolute atomic E-state index is 0.0295. The highest BCUT2D eigenvalue weighted by molar-refractivity contribution is 5.85. The molecule has 126 valence electrons. The lowest BCUT2D eigenvalue weighted by Gasteiger charge is -2.27. The van der Waals surface area contributed by atoms with Gasteiger partial charge in [0.05, 0.1) is 13.5 Å². The summed E-state index contributed by atoms with van der Waals surface area (Å²) in [5.41, 5.74) is 0.683. The van der Waals surface area contributed by atoms with E-state index in [9.17, 15) is 19.5 Å². The van der Waals surface area contributed by atoms with Gasteiger partial charge in [0.1, 0.15) is 11.8 Å². The van der Waals surface area contributed by atoms with Crippen LogP contribution in [0, 0.1) is 0 Å². The monoisotopic (exact) mass is 322 g/mol. The van der Waals surface area contributed by atoms with E-state index in [0.29, 0.717) is 11.3 Å². The topological polar surface area (TPSA) is 95.9 Å². The number of nitrogens with zero attached hydrogens (tertiary/aromatic N) is 1. The average molecular weight is 322 g/mol. The summed E-state index contributed by atoms with van der Waals surface area (Å²) in [5.74, 6) is -1.09. The summed E-state index contributed by atoms with van der Waals surface area (Å²) < 4.78 is 5.20. The van der Waals surface area contributed by atoms with E-state index in [4.69, 9.17) is 4.74 Å². The number of hydrogen-bond donors (Lipinski definition) is 2. The first kappa shape index (κ1) is 18.5. The van der Waals surface area contributed by atoms with Crippen LogP contribution in [0.15, 0.2) is 24.3 Å². The molecule has 2 N–H and O–H groups in total. The lowest BCUT2D eigenvalue weighted by Crippen LogP contribution is -2.47. The van der Waals surface area contributed by atoms with Crippen LogP contribution < -0.4 is 10.1 Å². The van der Waals surface area contributed by atoms with Crippen LogP contribution in [0.5, 0.6) is 5.75 Å². The number of carbonyl (C=O) groups is 3. The minimum Gasteiger partial charge on any atom is -0.496 e. The molecule has 1 aromatic carbocycles. The Balaban J connectivity index is 2.85. The van der Waals surface area contributed by atoms with Crippen molar-refractivity contribution >= 4 is 17.8 Å². The maximum absolute atomic E-state index is 12.5. The smallest absolute Gasteiger partial charge is 0.326 e. The molecule has 1 rings (SSSR count). The fourth-order valence-electron chi connectivity index (χ4n) is 2.13. The first-order chi connectivity index (χ1) is 10.9. The van der Waals surface area contributed by atoms with Gasteiger partial charge >= 0.3 is 5.97 Å². The predicted octanol–water partition coefficient (Wildman–Crippen LogP) is 0.676. The van der Waals surface area contributed by atoms with Gasteiger partial charge in [0.2, 0.25) is 11.8 Å². The van der Waals surface area contributed by atoms with Gasteiger partial charge in [-0.05, 0) is 13.0 Å². The Morgan fingerprint density at radius 3 is 2.52 bits per heavy atom. The number of rotatable bonds is 8. The Labute approximate surface area is 135 Å². The highest BCUT2D eigenvalue weighted by Crippen LogP contribution is 2.19. The Morgan fingerprint density at radius 2 is 1.96 bits per heavy atom. The van der Waals surface area contributed by atoms with Crippen LogP contribution in [0.1, 0.15) is 19.4 Å². The fourth-order valence-corrected chi connectivity index (χ4v) is 2.13. The zero-order chi connectivity index (χ0) is 17.4. The van der Waals surface area contributed by atoms with Gasteiger partial charge in [-0.1, -0.05) is 18.2 Å². The van der Waals surface area contributed by atoms with Gasteiger partial charge in [-0.2, -0.15) is 0 Å². The van der Waals surface area contributed by atoms with E-state index in [1.165, 1.54) is 25.9 Å². The zero-order valence-electron chi connectivity index (χ0n) is 13.5. The molecular formula is C16H22N2O5. The number of nitrogens with one attached hydrogen (secondary N) is 1. The molecule has 1 aromatic rings. The fraction of sp³-hybridized carbons (Fsp3) is 0.438. The zero-order valence-corrected chi connectivity index (χ0v) is 13.5. The first-order valence-corrected chi connectivity index (χ1v) is 7.25. The van der Waals surface area contributed by atoms with Crippen molar-refractivity contribution < 1.29 is 24.2 Å². The lowest BCUT2D eigenvalue weighted by atomic mass is 10.1. The summed E-state index contributed by atoms with van der Waals surface area (Å²) in [6.07, 6.45) is 0.0295. The van der Waals surface area contributed by atoms with Gasteiger partial charge in [0, 0.05) is 25.6 Å². The summed E-state index contributed by atoms with van der Waals surface area (Å²) in [6, 6.07) is 6.10. The van der Waals surface area contributed by atoms with Gasteiger partial charge in [-0.3, -0.25) is 9.59 Å². The number of aliphatic carboxylic acids is 1. The molecule has 0 aliphatic rings. The van der Waals surface area contributed by atoms with Crippen molar-refractivity contribution in [3.63, 3.8) is 0 Å². The van der Waals surface area contributed by atoms with Crippen LogP contribution in [0.25, 0.3) is 0 Å². The normalized spacial score (nSPS) is 11.4. The second-order valence-electron chi connectivity index (χ2n) is 5.07. The summed E-state index contributed by atoms with van der Waals surface area (Å²) in [6.45, 7) is 3.13. The maximum atomic E-state index is 12.5. The molecule has 2 amide bonds. The highest BCUT2D eigenvalue weighted by Gasteiger charge is 2.25. The van der Waals surface area contributed by atoms with Crippen LogP contribution in [0.3, 0.4) is 0 Å². The molecule has 1 atom stereocenters. The van der Waals surface area contributed by atoms with Gasteiger partial charge < -0.3 is 20.1 Å². The average Bonchev–Trinajstić information content (AvgIpc) is 2.51. The molecule has 0 bridgehead atoms. The Bertz CT molecular complexity index is 573. The number of carboxylic acid groups (broad SMARTS) is 1. The molecule has 1 unspecified atom stereocenters. The number of benzene rings is 1. The number of carboxylic acids is 1. The molecule has 0 radical (unpaired) electrons. The van der Waals surface area contributed by atoms with E-state index in [-0.39, 0.29) is 31.3 Å². The Morgan fingerprint density at radius 1 is 1.30 bits per heavy atom. The second kappa shape index (κ2) is 8.77. The molecule has 0 aliphatic carbocycles. The third-order valence-electron chi connectivity index (χ3n) is 3.41. The number of carbonyl (C=O) groups excluding carboxylic acids is 2. The third kappa shape index (κ3) is 5.61. The summed E-state index contributed by atoms with van der Waals surface area (Å²) in [5, 5.41) is 11.7. The van der Waals surface area contributed by atoms with E-state index in [2.05, 4.69) is 5.32 Å². The Kier molecular flexibility index (Phi) is 7.05. The van der Waals surface area contributed by atoms with Crippen LogP contribution in [0.4, 0.5) is 0 Å².